The van der Waals surface area contributed by atoms with E-state index < -0.39 is 5.54 Å². The molecule has 1 saturated carbocycles. The highest BCUT2D eigenvalue weighted by atomic mass is 16.5. The monoisotopic (exact) mass is 524 g/mol. The van der Waals surface area contributed by atoms with Crippen LogP contribution in [-0.4, -0.2) is 69.5 Å². The third-order valence-corrected chi connectivity index (χ3v) is 8.69. The second-order valence-electron chi connectivity index (χ2n) is 10.9. The maximum Gasteiger partial charge on any atom is 0.250 e. The predicted molar refractivity (Wildman–Crippen MR) is 149 cm³/mol. The van der Waals surface area contributed by atoms with Crippen LogP contribution < -0.4 is 9.80 Å². The number of rotatable bonds is 5. The normalized spacial score (nSPS) is 18.8. The van der Waals surface area contributed by atoms with Gasteiger partial charge in [0.25, 0.3) is 0 Å². The zero-order valence-electron chi connectivity index (χ0n) is 22.4. The van der Waals surface area contributed by atoms with Crippen LogP contribution in [0.5, 0.6) is 0 Å². The fourth-order valence-electron chi connectivity index (χ4n) is 6.65. The number of tetrazole rings is 1. The molecule has 4 heterocycles. The summed E-state index contributed by atoms with van der Waals surface area (Å²) < 4.78 is 7.41. The van der Waals surface area contributed by atoms with Gasteiger partial charge < -0.3 is 14.5 Å². The van der Waals surface area contributed by atoms with Crippen molar-refractivity contribution in [2.75, 3.05) is 43.2 Å². The molecule has 0 atom stereocenters. The topological polar surface area (TPSA) is 105 Å². The number of hydrogen-bond acceptors (Lipinski definition) is 8. The molecule has 2 aromatic heterocycles. The van der Waals surface area contributed by atoms with Crippen LogP contribution in [0.4, 0.5) is 11.6 Å². The molecule has 7 rings (SSSR count). The lowest BCUT2D eigenvalue weighted by Crippen LogP contribution is -2.45. The van der Waals surface area contributed by atoms with Crippen LogP contribution >= 0.6 is 0 Å². The average Bonchev–Trinajstić information content (AvgIpc) is 3.73. The summed E-state index contributed by atoms with van der Waals surface area (Å²) in [5.41, 5.74) is 6.37. The summed E-state index contributed by atoms with van der Waals surface area (Å²) in [5, 5.41) is 21.4. The number of fused-ring (bicyclic) bond motifs is 3. The Morgan fingerprint density at radius 2 is 1.92 bits per heavy atom. The number of aromatic nitrogens is 6. The molecule has 0 radical (unpaired) electrons. The number of ether oxygens (including phenoxy) is 1. The molecule has 0 bridgehead atoms. The number of carbonyl (C=O) groups is 1. The van der Waals surface area contributed by atoms with Crippen molar-refractivity contribution in [3.05, 3.63) is 59.3 Å². The smallest absolute Gasteiger partial charge is 0.250 e. The third-order valence-electron chi connectivity index (χ3n) is 8.69. The fraction of sp³-hybridized carbons (Fsp3) is 0.414. The van der Waals surface area contributed by atoms with Gasteiger partial charge in [-0.25, -0.2) is 4.68 Å². The molecule has 0 amide bonds. The van der Waals surface area contributed by atoms with Crippen molar-refractivity contribution in [2.45, 2.75) is 44.6 Å². The number of H-pyrrole nitrogens is 1. The number of ketones is 1. The van der Waals surface area contributed by atoms with Gasteiger partial charge in [0.2, 0.25) is 5.95 Å². The molecule has 1 N–H and O–H groups in total. The van der Waals surface area contributed by atoms with Crippen molar-refractivity contribution in [3.8, 4) is 11.3 Å². The lowest BCUT2D eigenvalue weighted by atomic mass is 9.81. The van der Waals surface area contributed by atoms with E-state index in [4.69, 9.17) is 4.74 Å². The van der Waals surface area contributed by atoms with Gasteiger partial charge >= 0.3 is 0 Å². The first-order chi connectivity index (χ1) is 19.0. The number of Topliss-reactive ketones (excluding diaryl/α,β-unsaturated/α-hetero) is 1. The second kappa shape index (κ2) is 9.30. The maximum atomic E-state index is 14.1. The van der Waals surface area contributed by atoms with Gasteiger partial charge in [0.1, 0.15) is 0 Å². The van der Waals surface area contributed by atoms with E-state index >= 15 is 0 Å². The zero-order valence-corrected chi connectivity index (χ0v) is 22.4. The van der Waals surface area contributed by atoms with Gasteiger partial charge in [-0.3, -0.25) is 9.89 Å². The first kappa shape index (κ1) is 24.0. The van der Waals surface area contributed by atoms with Gasteiger partial charge in [-0.15, -0.1) is 0 Å². The first-order valence-electron chi connectivity index (χ1n) is 13.7. The SMILES string of the molecule is CC1=C(C(=O)Cc2ccc3[nH]nc(-c4cccc(N5CCOCC5)c4)c3c2)C2(CCCC2)n2nnnc2N1C. The van der Waals surface area contributed by atoms with E-state index in [1.54, 1.807) is 0 Å². The molecule has 4 aromatic rings. The Kier molecular flexibility index (Phi) is 5.73. The molecule has 200 valence electrons. The van der Waals surface area contributed by atoms with E-state index in [9.17, 15) is 4.79 Å². The van der Waals surface area contributed by atoms with Gasteiger partial charge in [-0.05, 0) is 60.0 Å². The van der Waals surface area contributed by atoms with Crippen molar-refractivity contribution in [1.29, 1.82) is 0 Å². The third kappa shape index (κ3) is 3.84. The minimum absolute atomic E-state index is 0.126. The molecule has 39 heavy (non-hydrogen) atoms. The number of benzene rings is 2. The Labute approximate surface area is 226 Å². The second-order valence-corrected chi connectivity index (χ2v) is 10.9. The Balaban J connectivity index is 1.22. The molecule has 1 aliphatic carbocycles. The molecule has 3 aliphatic rings. The van der Waals surface area contributed by atoms with Crippen molar-refractivity contribution in [2.24, 2.45) is 0 Å². The van der Waals surface area contributed by atoms with E-state index in [0.29, 0.717) is 12.4 Å². The van der Waals surface area contributed by atoms with Crippen LogP contribution in [0.15, 0.2) is 53.7 Å². The molecule has 2 aliphatic heterocycles. The molecule has 2 fully saturated rings. The lowest BCUT2D eigenvalue weighted by molar-refractivity contribution is -0.116. The summed E-state index contributed by atoms with van der Waals surface area (Å²) in [4.78, 5) is 18.3. The standard InChI is InChI=1S/C29H32N8O2/c1-19-26(29(10-3-4-11-29)37-28(35(19)2)32-33-34-37)25(38)17-20-8-9-24-23(16-20)27(31-30-24)21-6-5-7-22(18-21)36-12-14-39-15-13-36/h5-9,16,18H,3-4,10-15,17H2,1-2H3,(H,30,31). The average molecular weight is 525 g/mol. The van der Waals surface area contributed by atoms with E-state index in [1.165, 1.54) is 5.69 Å². The molecule has 2 aromatic carbocycles. The first-order valence-corrected chi connectivity index (χ1v) is 13.7. The quantitative estimate of drug-likeness (QED) is 0.420. The van der Waals surface area contributed by atoms with Crippen molar-refractivity contribution >= 4 is 28.3 Å². The van der Waals surface area contributed by atoms with Gasteiger partial charge in [0.05, 0.1) is 30.0 Å². The van der Waals surface area contributed by atoms with Gasteiger partial charge in [0.15, 0.2) is 5.78 Å². The number of nitrogens with zero attached hydrogens (tertiary/aromatic N) is 7. The Bertz CT molecular complexity index is 1590. The minimum Gasteiger partial charge on any atom is -0.378 e. The highest BCUT2D eigenvalue weighted by molar-refractivity contribution is 6.01. The van der Waals surface area contributed by atoms with Crippen LogP contribution in [0.3, 0.4) is 0 Å². The number of anilines is 2. The molecule has 1 spiro atoms. The van der Waals surface area contributed by atoms with E-state index in [2.05, 4.69) is 61.0 Å². The summed E-state index contributed by atoms with van der Waals surface area (Å²) in [6.07, 6.45) is 4.18. The minimum atomic E-state index is -0.461. The summed E-state index contributed by atoms with van der Waals surface area (Å²) in [5.74, 6) is 0.829. The highest BCUT2D eigenvalue weighted by Gasteiger charge is 2.49. The summed E-state index contributed by atoms with van der Waals surface area (Å²) >= 11 is 0. The van der Waals surface area contributed by atoms with Crippen LogP contribution in [0.2, 0.25) is 0 Å². The van der Waals surface area contributed by atoms with Crippen LogP contribution in [0.1, 0.15) is 38.2 Å². The van der Waals surface area contributed by atoms with Crippen LogP contribution in [-0.2, 0) is 21.5 Å². The van der Waals surface area contributed by atoms with Gasteiger partial charge in [0, 0.05) is 54.5 Å². The molecule has 10 nitrogen and oxygen atoms in total. The maximum absolute atomic E-state index is 14.1. The number of hydrogen-bond donors (Lipinski definition) is 1. The summed E-state index contributed by atoms with van der Waals surface area (Å²) in [6, 6.07) is 14.7. The van der Waals surface area contributed by atoms with Gasteiger partial charge in [-0.2, -0.15) is 5.10 Å². The van der Waals surface area contributed by atoms with Crippen LogP contribution in [0, 0.1) is 0 Å². The van der Waals surface area contributed by atoms with Gasteiger partial charge in [-0.1, -0.05) is 36.1 Å². The molecule has 0 unspecified atom stereocenters. The molecular weight excluding hydrogens is 492 g/mol. The van der Waals surface area contributed by atoms with Crippen molar-refractivity contribution in [3.63, 3.8) is 0 Å². The zero-order chi connectivity index (χ0) is 26.6. The lowest BCUT2D eigenvalue weighted by Gasteiger charge is -2.40. The van der Waals surface area contributed by atoms with Crippen LogP contribution in [0.25, 0.3) is 22.2 Å². The Morgan fingerprint density at radius 1 is 1.10 bits per heavy atom. The Morgan fingerprint density at radius 3 is 2.74 bits per heavy atom. The molecule has 10 heteroatoms. The number of nitrogens with one attached hydrogen (secondary N) is 1. The molecule has 1 saturated heterocycles. The van der Waals surface area contributed by atoms with E-state index in [1.807, 2.05) is 35.7 Å². The highest BCUT2D eigenvalue weighted by Crippen LogP contribution is 2.48. The fourth-order valence-corrected chi connectivity index (χ4v) is 6.65. The number of aromatic amines is 1. The summed E-state index contributed by atoms with van der Waals surface area (Å²) in [7, 11) is 1.93. The number of morpholine rings is 1. The van der Waals surface area contributed by atoms with E-state index in [-0.39, 0.29) is 5.78 Å². The molecular formula is C29H32N8O2. The number of allylic oxidation sites excluding steroid dienone is 2. The van der Waals surface area contributed by atoms with E-state index in [0.717, 1.165) is 91.0 Å². The summed E-state index contributed by atoms with van der Waals surface area (Å²) in [6.45, 7) is 5.28. The van der Waals surface area contributed by atoms with Crippen molar-refractivity contribution in [1.82, 2.24) is 30.4 Å². The predicted octanol–water partition coefficient (Wildman–Crippen LogP) is 3.86. The largest absolute Gasteiger partial charge is 0.378 e. The number of carbonyl (C=O) groups excluding carboxylic acids is 1. The Hall–Kier alpha value is -4.05. The van der Waals surface area contributed by atoms with Crippen molar-refractivity contribution < 1.29 is 9.53 Å².